The number of rotatable bonds is 10. The van der Waals surface area contributed by atoms with E-state index < -0.39 is 22.7 Å². The van der Waals surface area contributed by atoms with Crippen LogP contribution in [-0.4, -0.2) is 81.2 Å². The van der Waals surface area contributed by atoms with Crippen molar-refractivity contribution < 1.29 is 19.4 Å². The minimum atomic E-state index is -0.632. The van der Waals surface area contributed by atoms with Gasteiger partial charge in [0, 0.05) is 11.0 Å². The van der Waals surface area contributed by atoms with Gasteiger partial charge in [0.15, 0.2) is 0 Å². The van der Waals surface area contributed by atoms with E-state index >= 15 is 0 Å². The first-order chi connectivity index (χ1) is 23.3. The average Bonchev–Trinajstić information content (AvgIpc) is 3.49. The van der Waals surface area contributed by atoms with Gasteiger partial charge in [0.2, 0.25) is 0 Å². The summed E-state index contributed by atoms with van der Waals surface area (Å²) < 4.78 is 14.2. The molecule has 1 aromatic heterocycles. The number of carboxylic acid groups (broad SMARTS) is 1. The molecule has 10 nitrogen and oxygen atoms in total. The third kappa shape index (κ3) is 5.10. The number of anilines is 1. The quantitative estimate of drug-likeness (QED) is 0.245. The predicted molar refractivity (Wildman–Crippen MR) is 196 cm³/mol. The van der Waals surface area contributed by atoms with E-state index in [-0.39, 0.29) is 45.8 Å². The number of hydrogen-bond donors (Lipinski definition) is 2. The van der Waals surface area contributed by atoms with Gasteiger partial charge in [-0.2, -0.15) is 4.80 Å². The zero-order valence-electron chi connectivity index (χ0n) is 33.3. The number of aromatic nitrogens is 4. The molecule has 3 N–H and O–H groups in total. The highest BCUT2D eigenvalue weighted by molar-refractivity contribution is 5.73. The molecule has 3 saturated carbocycles. The second-order valence-electron chi connectivity index (χ2n) is 19.4. The Bertz CT molecular complexity index is 1480. The largest absolute Gasteiger partial charge is 0.481 e. The summed E-state index contributed by atoms with van der Waals surface area (Å²) in [4.78, 5) is 17.7. The van der Waals surface area contributed by atoms with Gasteiger partial charge < -0.3 is 20.3 Å². The van der Waals surface area contributed by atoms with E-state index in [0.717, 1.165) is 45.1 Å². The Morgan fingerprint density at radius 3 is 2.42 bits per heavy atom. The number of likely N-dealkylation sites (N-methyl/N-ethyl adjacent to an activating group) is 1. The van der Waals surface area contributed by atoms with E-state index in [1.807, 2.05) is 0 Å². The van der Waals surface area contributed by atoms with Gasteiger partial charge in [-0.05, 0) is 116 Å². The number of nitrogen functional groups attached to an aromatic ring is 1. The van der Waals surface area contributed by atoms with Gasteiger partial charge in [0.05, 0.1) is 31.8 Å². The number of hydrogen-bond acceptors (Lipinski definition) is 8. The van der Waals surface area contributed by atoms with E-state index in [0.29, 0.717) is 43.5 Å². The Morgan fingerprint density at radius 1 is 1.14 bits per heavy atom. The van der Waals surface area contributed by atoms with Gasteiger partial charge in [0.25, 0.3) is 5.95 Å². The van der Waals surface area contributed by atoms with Crippen LogP contribution in [0.15, 0.2) is 11.6 Å². The van der Waals surface area contributed by atoms with Gasteiger partial charge in [-0.25, -0.2) is 0 Å². The molecule has 0 amide bonds. The van der Waals surface area contributed by atoms with Crippen LogP contribution in [0.25, 0.3) is 0 Å². The average molecular weight is 697 g/mol. The first-order valence-corrected chi connectivity index (χ1v) is 19.7. The molecule has 1 saturated heterocycles. The summed E-state index contributed by atoms with van der Waals surface area (Å²) in [5, 5.41) is 24.4. The topological polar surface area (TPSA) is 129 Å². The van der Waals surface area contributed by atoms with Crippen LogP contribution in [0.2, 0.25) is 0 Å². The lowest BCUT2D eigenvalue weighted by Gasteiger charge is -2.71. The van der Waals surface area contributed by atoms with E-state index in [1.165, 1.54) is 5.57 Å². The Hall–Kier alpha value is -2.04. The molecule has 2 bridgehead atoms. The van der Waals surface area contributed by atoms with E-state index in [4.69, 9.17) is 15.2 Å². The molecule has 0 radical (unpaired) electrons. The number of carboxylic acids is 1. The third-order valence-corrected chi connectivity index (χ3v) is 16.9. The van der Waals surface area contributed by atoms with Gasteiger partial charge in [-0.1, -0.05) is 86.0 Å². The van der Waals surface area contributed by atoms with Crippen LogP contribution in [0.5, 0.6) is 0 Å². The van der Waals surface area contributed by atoms with Gasteiger partial charge in [-0.15, -0.1) is 5.10 Å². The molecule has 0 aromatic carbocycles. The van der Waals surface area contributed by atoms with Crippen molar-refractivity contribution in [2.24, 2.45) is 62.6 Å². The summed E-state index contributed by atoms with van der Waals surface area (Å²) in [6.45, 7) is 28.1. The summed E-state index contributed by atoms with van der Waals surface area (Å²) in [7, 11) is 2.20. The summed E-state index contributed by atoms with van der Waals surface area (Å²) in [6, 6.07) is -0.164. The fourth-order valence-electron chi connectivity index (χ4n) is 12.8. The highest BCUT2D eigenvalue weighted by Gasteiger charge is 2.73. The lowest BCUT2D eigenvalue weighted by atomic mass is 9.34. The van der Waals surface area contributed by atoms with Gasteiger partial charge in [-0.3, -0.25) is 9.69 Å². The molecule has 5 aliphatic rings. The van der Waals surface area contributed by atoms with Crippen molar-refractivity contribution >= 4 is 11.9 Å². The zero-order valence-corrected chi connectivity index (χ0v) is 33.3. The van der Waals surface area contributed by atoms with Crippen LogP contribution in [0, 0.1) is 62.6 Å². The summed E-state index contributed by atoms with van der Waals surface area (Å²) in [5.41, 5.74) is 6.01. The molecule has 1 aliphatic heterocycles. The molecule has 4 fully saturated rings. The Kier molecular flexibility index (Phi) is 9.45. The second-order valence-corrected chi connectivity index (χ2v) is 19.4. The monoisotopic (exact) mass is 697 g/mol. The van der Waals surface area contributed by atoms with Crippen LogP contribution in [0.1, 0.15) is 121 Å². The number of tetrazole rings is 1. The van der Waals surface area contributed by atoms with E-state index in [9.17, 15) is 9.90 Å². The Morgan fingerprint density at radius 2 is 1.84 bits per heavy atom. The van der Waals surface area contributed by atoms with Crippen molar-refractivity contribution in [1.82, 2.24) is 25.1 Å². The number of allylic oxidation sites excluding steroid dienone is 1. The van der Waals surface area contributed by atoms with Crippen molar-refractivity contribution in [3.8, 4) is 0 Å². The maximum Gasteiger partial charge on any atom is 0.307 e. The summed E-state index contributed by atoms with van der Waals surface area (Å²) in [5.74, 6) is 0.780. The molecule has 12 atom stereocenters. The minimum absolute atomic E-state index is 0.109. The number of aliphatic carboxylic acids is 1. The van der Waals surface area contributed by atoms with Crippen LogP contribution >= 0.6 is 0 Å². The number of nitrogens with two attached hydrogens (primary N) is 1. The second kappa shape index (κ2) is 12.5. The first kappa shape index (κ1) is 37.7. The molecule has 6 rings (SSSR count). The molecule has 50 heavy (non-hydrogen) atoms. The fourth-order valence-corrected chi connectivity index (χ4v) is 12.8. The third-order valence-electron chi connectivity index (χ3n) is 16.9. The predicted octanol–water partition coefficient (Wildman–Crippen LogP) is 7.14. The SMILES string of the molecule is CCN(C)[C@](C)(CO[C@H]1[C@H](n2nnc(N)n2)C[C@]2(C)COC[C@@]13C1=CC[C@@]4(C)[C@H](C(=O)O)[C@@](C)([C@H](C)C(C)C)CC[C@]4(C)[C@H]1CC[C@H]23)C(C)C. The molecule has 4 aliphatic carbocycles. The van der Waals surface area contributed by atoms with Crippen molar-refractivity contribution in [2.45, 2.75) is 132 Å². The fraction of sp³-hybridized carbons (Fsp3) is 0.900. The molecule has 0 spiro atoms. The molecule has 0 unspecified atom stereocenters. The number of fused-ring (bicyclic) bond motifs is 3. The van der Waals surface area contributed by atoms with Crippen LogP contribution in [0.4, 0.5) is 5.95 Å². The number of ether oxygens (including phenoxy) is 2. The summed E-state index contributed by atoms with van der Waals surface area (Å²) in [6.07, 6.45) is 7.88. The molecular weight excluding hydrogens is 628 g/mol. The highest BCUT2D eigenvalue weighted by Crippen LogP contribution is 2.75. The minimum Gasteiger partial charge on any atom is -0.481 e. The Balaban J connectivity index is 1.52. The van der Waals surface area contributed by atoms with E-state index in [1.54, 1.807) is 4.80 Å². The van der Waals surface area contributed by atoms with Crippen LogP contribution in [0.3, 0.4) is 0 Å². The maximum absolute atomic E-state index is 13.6. The highest BCUT2D eigenvalue weighted by atomic mass is 16.5. The van der Waals surface area contributed by atoms with Gasteiger partial charge >= 0.3 is 5.97 Å². The molecule has 1 aromatic rings. The zero-order chi connectivity index (χ0) is 36.8. The van der Waals surface area contributed by atoms with Gasteiger partial charge in [0.1, 0.15) is 6.04 Å². The molecule has 10 heteroatoms. The van der Waals surface area contributed by atoms with Crippen LogP contribution in [-0.2, 0) is 14.3 Å². The van der Waals surface area contributed by atoms with Crippen molar-refractivity contribution in [3.05, 3.63) is 11.6 Å². The van der Waals surface area contributed by atoms with Crippen molar-refractivity contribution in [1.29, 1.82) is 0 Å². The lowest BCUT2D eigenvalue weighted by molar-refractivity contribution is -0.258. The first-order valence-electron chi connectivity index (χ1n) is 19.7. The van der Waals surface area contributed by atoms with Crippen molar-refractivity contribution in [2.75, 3.05) is 39.1 Å². The summed E-state index contributed by atoms with van der Waals surface area (Å²) >= 11 is 0. The van der Waals surface area contributed by atoms with Crippen LogP contribution < -0.4 is 5.73 Å². The molecular formula is C40H68N6O4. The van der Waals surface area contributed by atoms with Crippen molar-refractivity contribution in [3.63, 3.8) is 0 Å². The lowest BCUT2D eigenvalue weighted by Crippen LogP contribution is -2.70. The smallest absolute Gasteiger partial charge is 0.307 e. The number of carbonyl (C=O) groups is 1. The Labute approximate surface area is 301 Å². The molecule has 282 valence electrons. The van der Waals surface area contributed by atoms with E-state index in [2.05, 4.69) is 110 Å². The maximum atomic E-state index is 13.6. The number of nitrogens with zero attached hydrogens (tertiary/aromatic N) is 5. The molecule has 2 heterocycles. The normalized spacial score (nSPS) is 43.1. The standard InChI is InChI=1S/C40H68N6O4/c1-13-45(12)39(11,25(4)5)22-50-32-29(46-43-34(41)42-44-46)20-35(7)21-49-23-40(32)28-16-17-38(10)31(33(47)48)36(8,26(6)24(2)3)18-19-37(38,9)27(28)14-15-30(35)40/h16,24-27,29-32H,13-15,17-23H2,1-12H3,(H2,41,43)(H,47,48)/t26-,27+,29-,30-,31-,32+,35-,36-,37-,38+,39-,40+/m1/s1.